The molecule has 0 aliphatic carbocycles. The smallest absolute Gasteiger partial charge is 0.130 e. The number of carbonyl (C=O) groups is 1. The molecule has 0 aliphatic rings. The lowest BCUT2D eigenvalue weighted by atomic mass is 9.76. The Morgan fingerprint density at radius 2 is 1.86 bits per heavy atom. The van der Waals surface area contributed by atoms with Gasteiger partial charge in [-0.3, -0.25) is 4.79 Å². The summed E-state index contributed by atoms with van der Waals surface area (Å²) in [7, 11) is 0. The molecule has 1 aromatic rings. The van der Waals surface area contributed by atoms with Crippen molar-refractivity contribution in [1.29, 1.82) is 0 Å². The number of Topliss-reactive ketones (excluding diaryl/α,β-unsaturated/α-hetero) is 1. The van der Waals surface area contributed by atoms with Crippen molar-refractivity contribution in [2.24, 2.45) is 0 Å². The highest BCUT2D eigenvalue weighted by molar-refractivity contribution is 5.77. The van der Waals surface area contributed by atoms with Gasteiger partial charge in [0.15, 0.2) is 0 Å². The van der Waals surface area contributed by atoms with Crippen LogP contribution in [0.1, 0.15) is 39.2 Å². The molecule has 0 aromatic heterocycles. The van der Waals surface area contributed by atoms with Crippen molar-refractivity contribution in [3.05, 3.63) is 35.9 Å². The second kappa shape index (κ2) is 4.41. The van der Waals surface area contributed by atoms with Gasteiger partial charge in [0, 0.05) is 6.42 Å². The summed E-state index contributed by atoms with van der Waals surface area (Å²) < 4.78 is 0. The van der Waals surface area contributed by atoms with Crippen LogP contribution in [-0.2, 0) is 10.2 Å². The Hall–Kier alpha value is -1.11. The van der Waals surface area contributed by atoms with Gasteiger partial charge in [-0.15, -0.1) is 0 Å². The summed E-state index contributed by atoms with van der Waals surface area (Å²) in [5.41, 5.74) is 1.27. The largest absolute Gasteiger partial charge is 0.300 e. The first-order valence-corrected chi connectivity index (χ1v) is 5.13. The molecule has 1 heteroatoms. The third kappa shape index (κ3) is 2.44. The van der Waals surface area contributed by atoms with Crippen LogP contribution in [0.5, 0.6) is 0 Å². The van der Waals surface area contributed by atoms with Gasteiger partial charge < -0.3 is 0 Å². The molecular weight excluding hydrogens is 172 g/mol. The summed E-state index contributed by atoms with van der Waals surface area (Å²) in [4.78, 5) is 11.2. The number of benzene rings is 1. The minimum absolute atomic E-state index is 0.00704. The monoisotopic (exact) mass is 190 g/mol. The summed E-state index contributed by atoms with van der Waals surface area (Å²) >= 11 is 0. The first-order valence-electron chi connectivity index (χ1n) is 5.13. The predicted molar refractivity (Wildman–Crippen MR) is 59.4 cm³/mol. The zero-order chi connectivity index (χ0) is 10.6. The standard InChI is InChI=1S/C13H18O/c1-4-13(3,10-11(2)14)12-8-6-5-7-9-12/h5-9H,4,10H2,1-3H3. The Kier molecular flexibility index (Phi) is 3.45. The topological polar surface area (TPSA) is 17.1 Å². The van der Waals surface area contributed by atoms with Crippen LogP contribution in [0.2, 0.25) is 0 Å². The van der Waals surface area contributed by atoms with E-state index in [-0.39, 0.29) is 11.2 Å². The molecule has 0 saturated heterocycles. The van der Waals surface area contributed by atoms with E-state index >= 15 is 0 Å². The zero-order valence-electron chi connectivity index (χ0n) is 9.21. The summed E-state index contributed by atoms with van der Waals surface area (Å²) in [5, 5.41) is 0. The van der Waals surface area contributed by atoms with Crippen molar-refractivity contribution < 1.29 is 4.79 Å². The van der Waals surface area contributed by atoms with Crippen LogP contribution in [0.25, 0.3) is 0 Å². The molecule has 0 heterocycles. The lowest BCUT2D eigenvalue weighted by molar-refractivity contribution is -0.118. The van der Waals surface area contributed by atoms with E-state index in [9.17, 15) is 4.79 Å². The molecule has 0 aliphatic heterocycles. The zero-order valence-corrected chi connectivity index (χ0v) is 9.21. The molecule has 1 rings (SSSR count). The van der Waals surface area contributed by atoms with Crippen molar-refractivity contribution in [1.82, 2.24) is 0 Å². The third-order valence-electron chi connectivity index (χ3n) is 2.89. The first kappa shape index (κ1) is 11.0. The van der Waals surface area contributed by atoms with Gasteiger partial charge in [-0.25, -0.2) is 0 Å². The van der Waals surface area contributed by atoms with Gasteiger partial charge in [0.05, 0.1) is 0 Å². The summed E-state index contributed by atoms with van der Waals surface area (Å²) in [6.07, 6.45) is 1.63. The molecule has 0 radical (unpaired) electrons. The fourth-order valence-corrected chi connectivity index (χ4v) is 1.82. The van der Waals surface area contributed by atoms with Gasteiger partial charge in [-0.05, 0) is 24.3 Å². The third-order valence-corrected chi connectivity index (χ3v) is 2.89. The number of hydrogen-bond donors (Lipinski definition) is 0. The van der Waals surface area contributed by atoms with Gasteiger partial charge in [0.1, 0.15) is 5.78 Å². The van der Waals surface area contributed by atoms with Crippen molar-refractivity contribution in [3.8, 4) is 0 Å². The van der Waals surface area contributed by atoms with Crippen molar-refractivity contribution in [2.45, 2.75) is 39.0 Å². The highest BCUT2D eigenvalue weighted by Crippen LogP contribution is 2.30. The Morgan fingerprint density at radius 3 is 2.29 bits per heavy atom. The molecule has 1 unspecified atom stereocenters. The normalized spacial score (nSPS) is 14.8. The SMILES string of the molecule is CCC(C)(CC(C)=O)c1ccccc1. The van der Waals surface area contributed by atoms with Crippen LogP contribution >= 0.6 is 0 Å². The van der Waals surface area contributed by atoms with E-state index in [0.717, 1.165) is 6.42 Å². The van der Waals surface area contributed by atoms with E-state index in [0.29, 0.717) is 6.42 Å². The highest BCUT2D eigenvalue weighted by atomic mass is 16.1. The van der Waals surface area contributed by atoms with Crippen LogP contribution in [-0.4, -0.2) is 5.78 Å². The van der Waals surface area contributed by atoms with Crippen LogP contribution < -0.4 is 0 Å². The Labute approximate surface area is 86.1 Å². The summed E-state index contributed by atoms with van der Waals surface area (Å²) in [6.45, 7) is 5.95. The van der Waals surface area contributed by atoms with Gasteiger partial charge in [-0.1, -0.05) is 44.2 Å². The number of rotatable bonds is 4. The Morgan fingerprint density at radius 1 is 1.29 bits per heavy atom. The van der Waals surface area contributed by atoms with Crippen molar-refractivity contribution >= 4 is 5.78 Å². The Balaban J connectivity index is 2.95. The fourth-order valence-electron chi connectivity index (χ4n) is 1.82. The molecule has 14 heavy (non-hydrogen) atoms. The van der Waals surface area contributed by atoms with Crippen LogP contribution in [0, 0.1) is 0 Å². The average Bonchev–Trinajstić information content (AvgIpc) is 2.18. The molecule has 0 amide bonds. The molecule has 0 saturated carbocycles. The highest BCUT2D eigenvalue weighted by Gasteiger charge is 2.25. The lowest BCUT2D eigenvalue weighted by Gasteiger charge is -2.27. The van der Waals surface area contributed by atoms with Crippen LogP contribution in [0.15, 0.2) is 30.3 Å². The average molecular weight is 190 g/mol. The van der Waals surface area contributed by atoms with Crippen LogP contribution in [0.3, 0.4) is 0 Å². The number of hydrogen-bond acceptors (Lipinski definition) is 1. The van der Waals surface area contributed by atoms with E-state index in [2.05, 4.69) is 26.0 Å². The van der Waals surface area contributed by atoms with Crippen molar-refractivity contribution in [2.75, 3.05) is 0 Å². The second-order valence-corrected chi connectivity index (χ2v) is 4.16. The van der Waals surface area contributed by atoms with Gasteiger partial charge >= 0.3 is 0 Å². The quantitative estimate of drug-likeness (QED) is 0.711. The second-order valence-electron chi connectivity index (χ2n) is 4.16. The maximum absolute atomic E-state index is 11.2. The Bertz CT molecular complexity index is 302. The summed E-state index contributed by atoms with van der Waals surface area (Å²) in [6, 6.07) is 10.3. The minimum Gasteiger partial charge on any atom is -0.300 e. The predicted octanol–water partition coefficient (Wildman–Crippen LogP) is 3.33. The number of carbonyl (C=O) groups excluding carboxylic acids is 1. The molecule has 76 valence electrons. The molecule has 0 bridgehead atoms. The lowest BCUT2D eigenvalue weighted by Crippen LogP contribution is -2.23. The molecule has 0 spiro atoms. The van der Waals surface area contributed by atoms with Crippen molar-refractivity contribution in [3.63, 3.8) is 0 Å². The first-order chi connectivity index (χ1) is 6.58. The van der Waals surface area contributed by atoms with Gasteiger partial charge in [0.25, 0.3) is 0 Å². The minimum atomic E-state index is 0.00704. The van der Waals surface area contributed by atoms with Crippen LogP contribution in [0.4, 0.5) is 0 Å². The number of ketones is 1. The molecule has 0 N–H and O–H groups in total. The van der Waals surface area contributed by atoms with E-state index in [1.165, 1.54) is 5.56 Å². The van der Waals surface area contributed by atoms with E-state index in [1.807, 2.05) is 18.2 Å². The van der Waals surface area contributed by atoms with Gasteiger partial charge in [0.2, 0.25) is 0 Å². The van der Waals surface area contributed by atoms with E-state index < -0.39 is 0 Å². The molecular formula is C13H18O. The molecule has 0 fully saturated rings. The molecule has 1 atom stereocenters. The molecule has 1 aromatic carbocycles. The maximum Gasteiger partial charge on any atom is 0.130 e. The van der Waals surface area contributed by atoms with E-state index in [4.69, 9.17) is 0 Å². The maximum atomic E-state index is 11.2. The summed E-state index contributed by atoms with van der Waals surface area (Å²) in [5.74, 6) is 0.262. The fraction of sp³-hybridized carbons (Fsp3) is 0.462. The molecule has 1 nitrogen and oxygen atoms in total. The van der Waals surface area contributed by atoms with Gasteiger partial charge in [-0.2, -0.15) is 0 Å². The van der Waals surface area contributed by atoms with E-state index in [1.54, 1.807) is 6.92 Å².